The van der Waals surface area contributed by atoms with Gasteiger partial charge in [-0.15, -0.1) is 6.58 Å². The van der Waals surface area contributed by atoms with Gasteiger partial charge in [-0.25, -0.2) is 0 Å². The molecule has 0 atom stereocenters. The van der Waals surface area contributed by atoms with Gasteiger partial charge < -0.3 is 10.2 Å². The van der Waals surface area contributed by atoms with Gasteiger partial charge in [0.2, 0.25) is 5.91 Å². The third-order valence-corrected chi connectivity index (χ3v) is 2.70. The van der Waals surface area contributed by atoms with E-state index in [9.17, 15) is 9.59 Å². The molecule has 1 fully saturated rings. The topological polar surface area (TPSA) is 52.7 Å². The van der Waals surface area contributed by atoms with Crippen LogP contribution in [0, 0.1) is 11.8 Å². The van der Waals surface area contributed by atoms with Crippen molar-refractivity contribution in [2.45, 2.75) is 6.92 Å². The fourth-order valence-corrected chi connectivity index (χ4v) is 1.74. The summed E-state index contributed by atoms with van der Waals surface area (Å²) in [5, 5.41) is 2.73. The van der Waals surface area contributed by atoms with Crippen molar-refractivity contribution >= 4 is 11.8 Å². The van der Waals surface area contributed by atoms with Crippen molar-refractivity contribution in [3.05, 3.63) is 12.7 Å². The van der Waals surface area contributed by atoms with Gasteiger partial charge in [-0.05, 0) is 12.8 Å². The number of rotatable bonds is 4. The van der Waals surface area contributed by atoms with Crippen LogP contribution in [-0.4, -0.2) is 60.9 Å². The molecule has 1 N–H and O–H groups in total. The van der Waals surface area contributed by atoms with Gasteiger partial charge in [0.15, 0.2) is 0 Å². The molecule has 0 bridgehead atoms. The molecule has 5 heteroatoms. The van der Waals surface area contributed by atoms with Gasteiger partial charge in [0.25, 0.3) is 5.91 Å². The minimum absolute atomic E-state index is 0.0111. The van der Waals surface area contributed by atoms with Crippen LogP contribution in [0.4, 0.5) is 0 Å². The molecule has 0 saturated carbocycles. The Kier molecular flexibility index (Phi) is 5.95. The first kappa shape index (κ1) is 14.3. The molecule has 0 aliphatic carbocycles. The zero-order valence-corrected chi connectivity index (χ0v) is 10.7. The number of carbonyl (C=O) groups is 2. The zero-order chi connectivity index (χ0) is 13.4. The van der Waals surface area contributed by atoms with E-state index in [2.05, 4.69) is 23.7 Å². The number of nitrogens with zero attached hydrogens (tertiary/aromatic N) is 2. The molecule has 18 heavy (non-hydrogen) atoms. The van der Waals surface area contributed by atoms with Crippen LogP contribution in [0.5, 0.6) is 0 Å². The lowest BCUT2D eigenvalue weighted by Crippen LogP contribution is -2.50. The largest absolute Gasteiger partial charge is 0.352 e. The number of amides is 2. The van der Waals surface area contributed by atoms with Gasteiger partial charge in [0.05, 0.1) is 6.54 Å². The summed E-state index contributed by atoms with van der Waals surface area (Å²) in [4.78, 5) is 26.7. The molecule has 1 aliphatic heterocycles. The van der Waals surface area contributed by atoms with Gasteiger partial charge in [0, 0.05) is 32.7 Å². The summed E-state index contributed by atoms with van der Waals surface area (Å²) in [7, 11) is 0. The Morgan fingerprint density at radius 1 is 1.33 bits per heavy atom. The van der Waals surface area contributed by atoms with Crippen molar-refractivity contribution in [1.82, 2.24) is 15.1 Å². The predicted molar refractivity (Wildman–Crippen MR) is 69.7 cm³/mol. The first-order valence-corrected chi connectivity index (χ1v) is 5.99. The van der Waals surface area contributed by atoms with Crippen molar-refractivity contribution in [1.29, 1.82) is 0 Å². The van der Waals surface area contributed by atoms with Crippen molar-refractivity contribution in [3.63, 3.8) is 0 Å². The highest BCUT2D eigenvalue weighted by Crippen LogP contribution is 2.01. The molecule has 1 saturated heterocycles. The van der Waals surface area contributed by atoms with Crippen LogP contribution >= 0.6 is 0 Å². The van der Waals surface area contributed by atoms with Gasteiger partial charge in [-0.3, -0.25) is 14.5 Å². The molecule has 0 aromatic heterocycles. The Bertz CT molecular complexity index is 373. The monoisotopic (exact) mass is 249 g/mol. The maximum absolute atomic E-state index is 11.5. The average molecular weight is 249 g/mol. The zero-order valence-electron chi connectivity index (χ0n) is 10.7. The number of hydrogen-bond acceptors (Lipinski definition) is 3. The van der Waals surface area contributed by atoms with E-state index < -0.39 is 0 Å². The normalized spacial score (nSPS) is 15.5. The molecule has 1 aliphatic rings. The second kappa shape index (κ2) is 7.51. The second-order valence-corrected chi connectivity index (χ2v) is 4.04. The first-order chi connectivity index (χ1) is 8.67. The van der Waals surface area contributed by atoms with Gasteiger partial charge in [-0.2, -0.15) is 0 Å². The lowest BCUT2D eigenvalue weighted by atomic mass is 10.3. The molecule has 1 heterocycles. The van der Waals surface area contributed by atoms with Crippen LogP contribution in [0.15, 0.2) is 12.7 Å². The lowest BCUT2D eigenvalue weighted by Gasteiger charge is -2.33. The first-order valence-electron chi connectivity index (χ1n) is 5.99. The van der Waals surface area contributed by atoms with E-state index in [0.29, 0.717) is 39.3 Å². The molecule has 0 radical (unpaired) electrons. The molecule has 2 amide bonds. The minimum Gasteiger partial charge on any atom is -0.352 e. The van der Waals surface area contributed by atoms with Crippen molar-refractivity contribution in [2.24, 2.45) is 0 Å². The molecular weight excluding hydrogens is 230 g/mol. The smallest absolute Gasteiger partial charge is 0.298 e. The van der Waals surface area contributed by atoms with Crippen LogP contribution in [0.2, 0.25) is 0 Å². The summed E-state index contributed by atoms with van der Waals surface area (Å²) in [5.41, 5.74) is 0. The van der Waals surface area contributed by atoms with E-state index in [1.165, 1.54) is 0 Å². The SMILES string of the molecule is C=CCNC(=O)CN1CCN(C(=O)C#CC)CC1. The quantitative estimate of drug-likeness (QED) is 0.537. The van der Waals surface area contributed by atoms with Crippen molar-refractivity contribution in [2.75, 3.05) is 39.3 Å². The Hall–Kier alpha value is -1.80. The summed E-state index contributed by atoms with van der Waals surface area (Å²) in [6, 6.07) is 0. The molecule has 5 nitrogen and oxygen atoms in total. The summed E-state index contributed by atoms with van der Waals surface area (Å²) in [5.74, 6) is 4.99. The fraction of sp³-hybridized carbons (Fsp3) is 0.538. The molecule has 0 spiro atoms. The van der Waals surface area contributed by atoms with Crippen molar-refractivity contribution in [3.8, 4) is 11.8 Å². The lowest BCUT2D eigenvalue weighted by molar-refractivity contribution is -0.127. The summed E-state index contributed by atoms with van der Waals surface area (Å²) in [6.07, 6.45) is 1.65. The average Bonchev–Trinajstić information content (AvgIpc) is 2.37. The number of nitrogens with one attached hydrogen (secondary N) is 1. The summed E-state index contributed by atoms with van der Waals surface area (Å²) in [6.45, 7) is 8.72. The molecule has 0 aromatic carbocycles. The molecule has 0 unspecified atom stereocenters. The molecular formula is C13H19N3O2. The van der Waals surface area contributed by atoms with Crippen molar-refractivity contribution < 1.29 is 9.59 Å². The van der Waals surface area contributed by atoms with E-state index >= 15 is 0 Å². The Morgan fingerprint density at radius 2 is 2.00 bits per heavy atom. The highest BCUT2D eigenvalue weighted by Gasteiger charge is 2.20. The van der Waals surface area contributed by atoms with Crippen LogP contribution in [0.25, 0.3) is 0 Å². The van der Waals surface area contributed by atoms with Crippen LogP contribution in [0.1, 0.15) is 6.92 Å². The Balaban J connectivity index is 2.30. The fourth-order valence-electron chi connectivity index (χ4n) is 1.74. The maximum atomic E-state index is 11.5. The highest BCUT2D eigenvalue weighted by atomic mass is 16.2. The third kappa shape index (κ3) is 4.60. The number of hydrogen-bond donors (Lipinski definition) is 1. The third-order valence-electron chi connectivity index (χ3n) is 2.70. The van der Waals surface area contributed by atoms with E-state index in [1.807, 2.05) is 4.90 Å². The van der Waals surface area contributed by atoms with E-state index in [1.54, 1.807) is 17.9 Å². The minimum atomic E-state index is -0.131. The molecule has 1 rings (SSSR count). The van der Waals surface area contributed by atoms with E-state index in [4.69, 9.17) is 0 Å². The standard InChI is InChI=1S/C13H19N3O2/c1-3-5-13(18)16-9-7-15(8-10-16)11-12(17)14-6-4-2/h4H,2,6-11H2,1H3,(H,14,17). The Morgan fingerprint density at radius 3 is 2.56 bits per heavy atom. The number of piperazine rings is 1. The number of carbonyl (C=O) groups excluding carboxylic acids is 2. The predicted octanol–water partition coefficient (Wildman–Crippen LogP) is -0.544. The van der Waals surface area contributed by atoms with Crippen LogP contribution in [-0.2, 0) is 9.59 Å². The molecule has 98 valence electrons. The maximum Gasteiger partial charge on any atom is 0.298 e. The van der Waals surface area contributed by atoms with Gasteiger partial charge in [0.1, 0.15) is 0 Å². The van der Waals surface area contributed by atoms with E-state index in [0.717, 1.165) is 0 Å². The van der Waals surface area contributed by atoms with Crippen LogP contribution in [0.3, 0.4) is 0 Å². The Labute approximate surface area is 108 Å². The molecule has 0 aromatic rings. The highest BCUT2D eigenvalue weighted by molar-refractivity contribution is 5.93. The summed E-state index contributed by atoms with van der Waals surface area (Å²) < 4.78 is 0. The summed E-state index contributed by atoms with van der Waals surface area (Å²) >= 11 is 0. The van der Waals surface area contributed by atoms with Gasteiger partial charge in [-0.1, -0.05) is 12.0 Å². The van der Waals surface area contributed by atoms with E-state index in [-0.39, 0.29) is 11.8 Å². The second-order valence-electron chi connectivity index (χ2n) is 4.04. The van der Waals surface area contributed by atoms with Gasteiger partial charge >= 0.3 is 0 Å². The van der Waals surface area contributed by atoms with Crippen LogP contribution < -0.4 is 5.32 Å².